The first kappa shape index (κ1) is 21.8. The van der Waals surface area contributed by atoms with E-state index in [1.54, 1.807) is 24.3 Å². The minimum absolute atomic E-state index is 0.120. The van der Waals surface area contributed by atoms with Gasteiger partial charge in [0, 0.05) is 5.69 Å². The number of carbonyl (C=O) groups excluding carboxylic acids is 2. The summed E-state index contributed by atoms with van der Waals surface area (Å²) in [6.45, 7) is 5.98. The fourth-order valence-corrected chi connectivity index (χ4v) is 4.54. The lowest BCUT2D eigenvalue weighted by atomic mass is 10.1. The Bertz CT molecular complexity index is 1060. The van der Waals surface area contributed by atoms with Gasteiger partial charge in [-0.2, -0.15) is 0 Å². The largest absolute Gasteiger partial charge is 0.496 e. The van der Waals surface area contributed by atoms with Gasteiger partial charge in [-0.3, -0.25) is 14.9 Å². The SMILES string of the molecule is COc1ccccc1C(=O)Nc1nnc(SCC(=O)Nc2c(C)cc(C)cc2C)s1. The normalized spacial score (nSPS) is 10.5. The number of thioether (sulfide) groups is 1. The van der Waals surface area contributed by atoms with E-state index in [1.165, 1.54) is 30.2 Å². The minimum atomic E-state index is -0.330. The summed E-state index contributed by atoms with van der Waals surface area (Å²) in [5, 5.41) is 14.1. The number of amides is 2. The van der Waals surface area contributed by atoms with Crippen LogP contribution in [-0.4, -0.2) is 34.9 Å². The van der Waals surface area contributed by atoms with Crippen LogP contribution in [-0.2, 0) is 4.79 Å². The quantitative estimate of drug-likeness (QED) is 0.415. The third-order valence-corrected chi connectivity index (χ3v) is 6.22. The van der Waals surface area contributed by atoms with Crippen molar-refractivity contribution in [2.75, 3.05) is 23.5 Å². The molecule has 0 aliphatic heterocycles. The van der Waals surface area contributed by atoms with Gasteiger partial charge in [-0.05, 0) is 44.0 Å². The Morgan fingerprint density at radius 3 is 2.47 bits per heavy atom. The average Bonchev–Trinajstić information content (AvgIpc) is 3.16. The van der Waals surface area contributed by atoms with Gasteiger partial charge in [0.1, 0.15) is 5.75 Å². The molecule has 0 atom stereocenters. The van der Waals surface area contributed by atoms with Crippen LogP contribution in [0.15, 0.2) is 40.7 Å². The first-order valence-electron chi connectivity index (χ1n) is 9.15. The fraction of sp³-hybridized carbons (Fsp3) is 0.238. The van der Waals surface area contributed by atoms with E-state index in [9.17, 15) is 9.59 Å². The van der Waals surface area contributed by atoms with Gasteiger partial charge in [0.2, 0.25) is 11.0 Å². The van der Waals surface area contributed by atoms with Crippen LogP contribution in [0.25, 0.3) is 0 Å². The Kier molecular flexibility index (Phi) is 7.07. The van der Waals surface area contributed by atoms with Crippen molar-refractivity contribution in [1.82, 2.24) is 10.2 Å². The zero-order valence-electron chi connectivity index (χ0n) is 17.1. The van der Waals surface area contributed by atoms with E-state index in [1.807, 2.05) is 32.9 Å². The van der Waals surface area contributed by atoms with Gasteiger partial charge in [0.05, 0.1) is 18.4 Å². The minimum Gasteiger partial charge on any atom is -0.496 e. The molecule has 2 aromatic carbocycles. The van der Waals surface area contributed by atoms with E-state index in [-0.39, 0.29) is 17.6 Å². The molecule has 2 amide bonds. The Morgan fingerprint density at radius 2 is 1.77 bits per heavy atom. The van der Waals surface area contributed by atoms with Crippen molar-refractivity contribution in [2.24, 2.45) is 0 Å². The lowest BCUT2D eigenvalue weighted by molar-refractivity contribution is -0.113. The second-order valence-corrected chi connectivity index (χ2v) is 8.84. The molecule has 2 N–H and O–H groups in total. The molecule has 0 aliphatic rings. The summed E-state index contributed by atoms with van der Waals surface area (Å²) in [4.78, 5) is 24.8. The van der Waals surface area contributed by atoms with Crippen molar-refractivity contribution >= 4 is 45.7 Å². The molecule has 0 aliphatic carbocycles. The average molecular weight is 443 g/mol. The molecule has 0 spiro atoms. The Labute approximate surface area is 183 Å². The third kappa shape index (κ3) is 5.37. The summed E-state index contributed by atoms with van der Waals surface area (Å²) < 4.78 is 5.80. The number of anilines is 2. The van der Waals surface area contributed by atoms with Crippen LogP contribution in [0.1, 0.15) is 27.0 Å². The van der Waals surface area contributed by atoms with Gasteiger partial charge < -0.3 is 10.1 Å². The van der Waals surface area contributed by atoms with Gasteiger partial charge >= 0.3 is 0 Å². The zero-order chi connectivity index (χ0) is 21.7. The standard InChI is InChI=1S/C21H22N4O3S2/c1-12-9-13(2)18(14(3)10-12)22-17(26)11-29-21-25-24-20(30-21)23-19(27)15-7-5-6-8-16(15)28-4/h5-10H,11H2,1-4H3,(H,22,26)(H,23,24,27). The van der Waals surface area contributed by atoms with E-state index in [2.05, 4.69) is 20.8 Å². The Balaban J connectivity index is 1.57. The third-order valence-electron chi connectivity index (χ3n) is 4.25. The highest BCUT2D eigenvalue weighted by Gasteiger charge is 2.15. The maximum absolute atomic E-state index is 12.4. The van der Waals surface area contributed by atoms with Crippen LogP contribution in [0.2, 0.25) is 0 Å². The van der Waals surface area contributed by atoms with Crippen LogP contribution in [0.3, 0.4) is 0 Å². The molecule has 0 radical (unpaired) electrons. The smallest absolute Gasteiger partial charge is 0.261 e. The maximum atomic E-state index is 12.4. The number of methoxy groups -OCH3 is 1. The highest BCUT2D eigenvalue weighted by Crippen LogP contribution is 2.28. The molecule has 0 bridgehead atoms. The topological polar surface area (TPSA) is 93.2 Å². The number of aromatic nitrogens is 2. The van der Waals surface area contributed by atoms with Crippen molar-refractivity contribution in [3.05, 3.63) is 58.7 Å². The molecule has 7 nitrogen and oxygen atoms in total. The Morgan fingerprint density at radius 1 is 1.07 bits per heavy atom. The van der Waals surface area contributed by atoms with Gasteiger partial charge in [-0.1, -0.05) is 52.9 Å². The van der Waals surface area contributed by atoms with E-state index >= 15 is 0 Å². The molecule has 9 heteroatoms. The number of aryl methyl sites for hydroxylation is 3. The molecule has 3 aromatic rings. The highest BCUT2D eigenvalue weighted by atomic mass is 32.2. The lowest BCUT2D eigenvalue weighted by Crippen LogP contribution is -2.15. The van der Waals surface area contributed by atoms with E-state index in [0.29, 0.717) is 20.8 Å². The summed E-state index contributed by atoms with van der Waals surface area (Å²) in [6, 6.07) is 11.0. The molecule has 0 fully saturated rings. The monoisotopic (exact) mass is 442 g/mol. The lowest BCUT2D eigenvalue weighted by Gasteiger charge is -2.12. The summed E-state index contributed by atoms with van der Waals surface area (Å²) in [7, 11) is 1.51. The predicted molar refractivity (Wildman–Crippen MR) is 121 cm³/mol. The number of nitrogens with zero attached hydrogens (tertiary/aromatic N) is 2. The number of carbonyl (C=O) groups is 2. The van der Waals surface area contributed by atoms with Crippen molar-refractivity contribution in [2.45, 2.75) is 25.1 Å². The fourth-order valence-electron chi connectivity index (χ4n) is 3.00. The molecule has 1 heterocycles. The summed E-state index contributed by atoms with van der Waals surface area (Å²) >= 11 is 2.48. The summed E-state index contributed by atoms with van der Waals surface area (Å²) in [6.07, 6.45) is 0. The van der Waals surface area contributed by atoms with Crippen LogP contribution in [0.4, 0.5) is 10.8 Å². The van der Waals surface area contributed by atoms with Crippen LogP contribution >= 0.6 is 23.1 Å². The van der Waals surface area contributed by atoms with Gasteiger partial charge in [0.15, 0.2) is 4.34 Å². The second-order valence-electron chi connectivity index (χ2n) is 6.64. The van der Waals surface area contributed by atoms with Gasteiger partial charge in [0.25, 0.3) is 5.91 Å². The highest BCUT2D eigenvalue weighted by molar-refractivity contribution is 8.01. The molecule has 3 rings (SSSR count). The van der Waals surface area contributed by atoms with Gasteiger partial charge in [-0.25, -0.2) is 0 Å². The number of para-hydroxylation sites is 1. The first-order chi connectivity index (χ1) is 14.4. The molecule has 0 saturated carbocycles. The number of nitrogens with one attached hydrogen (secondary N) is 2. The first-order valence-corrected chi connectivity index (χ1v) is 11.0. The molecule has 30 heavy (non-hydrogen) atoms. The van der Waals surface area contributed by atoms with E-state index in [0.717, 1.165) is 22.4 Å². The van der Waals surface area contributed by atoms with Crippen LogP contribution in [0, 0.1) is 20.8 Å². The maximum Gasteiger partial charge on any atom is 0.261 e. The number of benzene rings is 2. The molecule has 1 aromatic heterocycles. The molecule has 0 unspecified atom stereocenters. The predicted octanol–water partition coefficient (Wildman–Crippen LogP) is 4.46. The summed E-state index contributed by atoms with van der Waals surface area (Å²) in [5.74, 6) is 0.225. The van der Waals surface area contributed by atoms with E-state index in [4.69, 9.17) is 4.74 Å². The molecule has 156 valence electrons. The number of hydrogen-bond donors (Lipinski definition) is 2. The molecular formula is C21H22N4O3S2. The van der Waals surface area contributed by atoms with E-state index < -0.39 is 0 Å². The number of hydrogen-bond acceptors (Lipinski definition) is 7. The van der Waals surface area contributed by atoms with Crippen LogP contribution in [0.5, 0.6) is 5.75 Å². The van der Waals surface area contributed by atoms with Crippen molar-refractivity contribution < 1.29 is 14.3 Å². The summed E-state index contributed by atoms with van der Waals surface area (Å²) in [5.41, 5.74) is 4.47. The molecule has 0 saturated heterocycles. The number of rotatable bonds is 7. The van der Waals surface area contributed by atoms with Crippen molar-refractivity contribution in [1.29, 1.82) is 0 Å². The molecular weight excluding hydrogens is 420 g/mol. The zero-order valence-corrected chi connectivity index (χ0v) is 18.7. The van der Waals surface area contributed by atoms with Crippen molar-refractivity contribution in [3.8, 4) is 5.75 Å². The van der Waals surface area contributed by atoms with Gasteiger partial charge in [-0.15, -0.1) is 10.2 Å². The Hall–Kier alpha value is -2.91. The van der Waals surface area contributed by atoms with Crippen LogP contribution < -0.4 is 15.4 Å². The van der Waals surface area contributed by atoms with Crippen molar-refractivity contribution in [3.63, 3.8) is 0 Å². The number of ether oxygens (including phenoxy) is 1. The second kappa shape index (κ2) is 9.73.